The minimum Gasteiger partial charge on any atom is -0.352 e. The summed E-state index contributed by atoms with van der Waals surface area (Å²) in [7, 11) is 0. The van der Waals surface area contributed by atoms with Crippen LogP contribution in [0.15, 0.2) is 36.5 Å². The standard InChI is InChI=1S/C15H19N5O2/c1-11(2)17-14(21)8-16-15(22)13-10-20(19-18-13)9-12-6-4-3-5-7-12/h3-7,10-11H,8-9H2,1-2H3,(H,16,22)(H,17,21). The van der Waals surface area contributed by atoms with Crippen LogP contribution in [-0.2, 0) is 11.3 Å². The van der Waals surface area contributed by atoms with Crippen LogP contribution in [0.4, 0.5) is 0 Å². The Morgan fingerprint density at radius 3 is 2.64 bits per heavy atom. The molecule has 0 aliphatic rings. The van der Waals surface area contributed by atoms with Gasteiger partial charge in [-0.25, -0.2) is 4.68 Å². The number of rotatable bonds is 6. The number of nitrogens with one attached hydrogen (secondary N) is 2. The number of benzene rings is 1. The molecule has 0 spiro atoms. The smallest absolute Gasteiger partial charge is 0.273 e. The summed E-state index contributed by atoms with van der Waals surface area (Å²) < 4.78 is 1.58. The van der Waals surface area contributed by atoms with Gasteiger partial charge in [0.05, 0.1) is 19.3 Å². The van der Waals surface area contributed by atoms with Crippen LogP contribution in [0.3, 0.4) is 0 Å². The average Bonchev–Trinajstić information content (AvgIpc) is 2.94. The average molecular weight is 301 g/mol. The molecule has 2 amide bonds. The summed E-state index contributed by atoms with van der Waals surface area (Å²) in [4.78, 5) is 23.4. The van der Waals surface area contributed by atoms with Crippen LogP contribution in [0, 0.1) is 0 Å². The van der Waals surface area contributed by atoms with Gasteiger partial charge in [-0.2, -0.15) is 0 Å². The lowest BCUT2D eigenvalue weighted by molar-refractivity contribution is -0.120. The lowest BCUT2D eigenvalue weighted by Gasteiger charge is -2.08. The first-order valence-electron chi connectivity index (χ1n) is 7.06. The SMILES string of the molecule is CC(C)NC(=O)CNC(=O)c1cn(Cc2ccccc2)nn1. The molecule has 1 aromatic carbocycles. The Bertz CT molecular complexity index is 636. The predicted molar refractivity (Wildman–Crippen MR) is 81.2 cm³/mol. The summed E-state index contributed by atoms with van der Waals surface area (Å²) in [5, 5.41) is 12.9. The Labute approximate surface area is 128 Å². The van der Waals surface area contributed by atoms with Crippen LogP contribution in [0.2, 0.25) is 0 Å². The topological polar surface area (TPSA) is 88.9 Å². The third kappa shape index (κ3) is 4.69. The Morgan fingerprint density at radius 1 is 1.23 bits per heavy atom. The number of aromatic nitrogens is 3. The van der Waals surface area contributed by atoms with Crippen molar-refractivity contribution in [3.8, 4) is 0 Å². The summed E-state index contributed by atoms with van der Waals surface area (Å²) in [5.41, 5.74) is 1.25. The molecule has 2 N–H and O–H groups in total. The number of amides is 2. The monoisotopic (exact) mass is 301 g/mol. The van der Waals surface area contributed by atoms with E-state index >= 15 is 0 Å². The first kappa shape index (κ1) is 15.7. The van der Waals surface area contributed by atoms with Gasteiger partial charge in [-0.05, 0) is 19.4 Å². The second-order valence-corrected chi connectivity index (χ2v) is 5.19. The van der Waals surface area contributed by atoms with Crippen molar-refractivity contribution < 1.29 is 9.59 Å². The zero-order chi connectivity index (χ0) is 15.9. The molecule has 0 bridgehead atoms. The fourth-order valence-electron chi connectivity index (χ4n) is 1.87. The van der Waals surface area contributed by atoms with E-state index < -0.39 is 5.91 Å². The Hall–Kier alpha value is -2.70. The molecule has 116 valence electrons. The second-order valence-electron chi connectivity index (χ2n) is 5.19. The molecule has 7 nitrogen and oxygen atoms in total. The lowest BCUT2D eigenvalue weighted by atomic mass is 10.2. The highest BCUT2D eigenvalue weighted by Crippen LogP contribution is 2.02. The highest BCUT2D eigenvalue weighted by atomic mass is 16.2. The van der Waals surface area contributed by atoms with Gasteiger partial charge in [0.15, 0.2) is 5.69 Å². The molecule has 0 aliphatic heterocycles. The van der Waals surface area contributed by atoms with Crippen LogP contribution < -0.4 is 10.6 Å². The van der Waals surface area contributed by atoms with Crippen LogP contribution in [-0.4, -0.2) is 39.4 Å². The van der Waals surface area contributed by atoms with Crippen LogP contribution in [0.1, 0.15) is 29.9 Å². The van der Waals surface area contributed by atoms with Gasteiger partial charge in [0, 0.05) is 6.04 Å². The largest absolute Gasteiger partial charge is 0.352 e. The Kier molecular flexibility index (Phi) is 5.24. The van der Waals surface area contributed by atoms with E-state index in [1.54, 1.807) is 10.9 Å². The highest BCUT2D eigenvalue weighted by molar-refractivity contribution is 5.94. The van der Waals surface area contributed by atoms with Crippen LogP contribution in [0.5, 0.6) is 0 Å². The number of hydrogen-bond acceptors (Lipinski definition) is 4. The van der Waals surface area contributed by atoms with Gasteiger partial charge in [0.25, 0.3) is 5.91 Å². The maximum absolute atomic E-state index is 11.9. The molecule has 2 rings (SSSR count). The quantitative estimate of drug-likeness (QED) is 0.817. The van der Waals surface area contributed by atoms with Gasteiger partial charge in [0.2, 0.25) is 5.91 Å². The van der Waals surface area contributed by atoms with Crippen molar-refractivity contribution in [2.45, 2.75) is 26.4 Å². The van der Waals surface area contributed by atoms with Crippen molar-refractivity contribution in [3.63, 3.8) is 0 Å². The third-order valence-corrected chi connectivity index (χ3v) is 2.82. The molecule has 0 unspecified atom stereocenters. The van der Waals surface area contributed by atoms with Gasteiger partial charge in [-0.3, -0.25) is 9.59 Å². The molecular weight excluding hydrogens is 282 g/mol. The predicted octanol–water partition coefficient (Wildman–Crippen LogP) is 0.581. The van der Waals surface area contributed by atoms with Gasteiger partial charge in [-0.1, -0.05) is 35.5 Å². The van der Waals surface area contributed by atoms with Gasteiger partial charge in [-0.15, -0.1) is 5.10 Å². The summed E-state index contributed by atoms with van der Waals surface area (Å²) in [6.07, 6.45) is 1.56. The first-order valence-corrected chi connectivity index (χ1v) is 7.06. The molecule has 1 aromatic heterocycles. The van der Waals surface area contributed by atoms with E-state index in [2.05, 4.69) is 20.9 Å². The van der Waals surface area contributed by atoms with Crippen LogP contribution >= 0.6 is 0 Å². The van der Waals surface area contributed by atoms with Crippen molar-refractivity contribution in [1.82, 2.24) is 25.6 Å². The zero-order valence-electron chi connectivity index (χ0n) is 12.6. The normalized spacial score (nSPS) is 10.5. The molecule has 0 saturated heterocycles. The minimum absolute atomic E-state index is 0.0381. The highest BCUT2D eigenvalue weighted by Gasteiger charge is 2.12. The molecule has 22 heavy (non-hydrogen) atoms. The number of hydrogen-bond donors (Lipinski definition) is 2. The van der Waals surface area contributed by atoms with E-state index in [1.165, 1.54) is 0 Å². The third-order valence-electron chi connectivity index (χ3n) is 2.82. The fourth-order valence-corrected chi connectivity index (χ4v) is 1.87. The molecule has 0 atom stereocenters. The zero-order valence-corrected chi connectivity index (χ0v) is 12.6. The molecule has 0 aliphatic carbocycles. The van der Waals surface area contributed by atoms with E-state index in [0.717, 1.165) is 5.56 Å². The molecule has 7 heteroatoms. The molecular formula is C15H19N5O2. The fraction of sp³-hybridized carbons (Fsp3) is 0.333. The molecule has 1 heterocycles. The molecule has 0 saturated carbocycles. The van der Waals surface area contributed by atoms with E-state index in [-0.39, 0.29) is 24.2 Å². The van der Waals surface area contributed by atoms with Crippen molar-refractivity contribution >= 4 is 11.8 Å². The Morgan fingerprint density at radius 2 is 1.95 bits per heavy atom. The van der Waals surface area contributed by atoms with E-state index in [9.17, 15) is 9.59 Å². The molecule has 2 aromatic rings. The number of carbonyl (C=O) groups is 2. The van der Waals surface area contributed by atoms with Crippen molar-refractivity contribution in [2.24, 2.45) is 0 Å². The van der Waals surface area contributed by atoms with Crippen molar-refractivity contribution in [2.75, 3.05) is 6.54 Å². The summed E-state index contributed by atoms with van der Waals surface area (Å²) in [5.74, 6) is -0.654. The second kappa shape index (κ2) is 7.35. The molecule has 0 fully saturated rings. The van der Waals surface area contributed by atoms with Crippen LogP contribution in [0.25, 0.3) is 0 Å². The minimum atomic E-state index is -0.418. The van der Waals surface area contributed by atoms with Gasteiger partial charge < -0.3 is 10.6 Å². The molecule has 0 radical (unpaired) electrons. The lowest BCUT2D eigenvalue weighted by Crippen LogP contribution is -2.39. The van der Waals surface area contributed by atoms with E-state index in [1.807, 2.05) is 44.2 Å². The maximum Gasteiger partial charge on any atom is 0.273 e. The van der Waals surface area contributed by atoms with E-state index in [4.69, 9.17) is 0 Å². The summed E-state index contributed by atoms with van der Waals surface area (Å²) in [6.45, 7) is 4.17. The van der Waals surface area contributed by atoms with Crippen molar-refractivity contribution in [1.29, 1.82) is 0 Å². The summed E-state index contributed by atoms with van der Waals surface area (Å²) in [6, 6.07) is 9.79. The number of carbonyl (C=O) groups excluding carboxylic acids is 2. The van der Waals surface area contributed by atoms with Gasteiger partial charge >= 0.3 is 0 Å². The van der Waals surface area contributed by atoms with E-state index in [0.29, 0.717) is 6.54 Å². The van der Waals surface area contributed by atoms with Gasteiger partial charge in [0.1, 0.15) is 0 Å². The Balaban J connectivity index is 1.88. The first-order chi connectivity index (χ1) is 10.5. The number of nitrogens with zero attached hydrogens (tertiary/aromatic N) is 3. The summed E-state index contributed by atoms with van der Waals surface area (Å²) >= 11 is 0. The maximum atomic E-state index is 11.9. The van der Waals surface area contributed by atoms with Crippen molar-refractivity contribution in [3.05, 3.63) is 47.8 Å².